The molecule has 1 aliphatic carbocycles. The van der Waals surface area contributed by atoms with Gasteiger partial charge in [-0.15, -0.1) is 0 Å². The molecule has 1 atom stereocenters. The van der Waals surface area contributed by atoms with Crippen molar-refractivity contribution < 1.29 is 0 Å². The zero-order valence-electron chi connectivity index (χ0n) is 10.9. The van der Waals surface area contributed by atoms with Crippen molar-refractivity contribution in [1.29, 1.82) is 0 Å². The summed E-state index contributed by atoms with van der Waals surface area (Å²) in [5.74, 6) is 0.933. The molecule has 3 rings (SSSR count). The third-order valence-corrected chi connectivity index (χ3v) is 4.79. The van der Waals surface area contributed by atoms with Crippen molar-refractivity contribution >= 4 is 0 Å². The van der Waals surface area contributed by atoms with Gasteiger partial charge in [0.05, 0.1) is 0 Å². The van der Waals surface area contributed by atoms with Crippen LogP contribution in [0.1, 0.15) is 44.6 Å². The molecule has 1 unspecified atom stereocenters. The second kappa shape index (κ2) is 4.45. The van der Waals surface area contributed by atoms with E-state index < -0.39 is 0 Å². The molecule has 1 heteroatoms. The average molecular weight is 229 g/mol. The van der Waals surface area contributed by atoms with Gasteiger partial charge in [0.25, 0.3) is 0 Å². The summed E-state index contributed by atoms with van der Waals surface area (Å²) < 4.78 is 0. The molecule has 1 nitrogen and oxygen atoms in total. The third-order valence-electron chi connectivity index (χ3n) is 4.79. The lowest BCUT2D eigenvalue weighted by Crippen LogP contribution is -2.57. The quantitative estimate of drug-likeness (QED) is 0.744. The monoisotopic (exact) mass is 229 g/mol. The Morgan fingerprint density at radius 2 is 2.00 bits per heavy atom. The summed E-state index contributed by atoms with van der Waals surface area (Å²) in [5.41, 5.74) is 2.06. The highest BCUT2D eigenvalue weighted by molar-refractivity contribution is 5.16. The third kappa shape index (κ3) is 2.13. The highest BCUT2D eigenvalue weighted by atomic mass is 15.2. The van der Waals surface area contributed by atoms with Crippen LogP contribution in [0.2, 0.25) is 0 Å². The molecule has 1 spiro atoms. The summed E-state index contributed by atoms with van der Waals surface area (Å²) in [6.07, 6.45) is 7.13. The van der Waals surface area contributed by atoms with Crippen molar-refractivity contribution in [1.82, 2.24) is 4.90 Å². The molecule has 1 saturated carbocycles. The van der Waals surface area contributed by atoms with Gasteiger partial charge < -0.3 is 0 Å². The summed E-state index contributed by atoms with van der Waals surface area (Å²) in [4.78, 5) is 2.77. The normalized spacial score (nSPS) is 27.9. The Morgan fingerprint density at radius 3 is 2.65 bits per heavy atom. The maximum Gasteiger partial charge on any atom is 0.0239 e. The fourth-order valence-electron chi connectivity index (χ4n) is 3.65. The Hall–Kier alpha value is -0.820. The summed E-state index contributed by atoms with van der Waals surface area (Å²) in [6.45, 7) is 4.89. The van der Waals surface area contributed by atoms with E-state index in [0.29, 0.717) is 5.54 Å². The van der Waals surface area contributed by atoms with Crippen LogP contribution in [-0.4, -0.2) is 17.0 Å². The van der Waals surface area contributed by atoms with Crippen LogP contribution in [0.5, 0.6) is 0 Å². The summed E-state index contributed by atoms with van der Waals surface area (Å²) in [7, 11) is 0. The molecular weight excluding hydrogens is 206 g/mol. The Labute approximate surface area is 105 Å². The smallest absolute Gasteiger partial charge is 0.0239 e. The first-order chi connectivity index (χ1) is 8.28. The largest absolute Gasteiger partial charge is 0.293 e. The van der Waals surface area contributed by atoms with E-state index >= 15 is 0 Å². The number of benzene rings is 1. The SMILES string of the molecule is CC1CCN(Cc2ccccc2)C2(CCC2)C1. The van der Waals surface area contributed by atoms with Gasteiger partial charge in [0, 0.05) is 12.1 Å². The zero-order chi connectivity index (χ0) is 11.7. The van der Waals surface area contributed by atoms with Gasteiger partial charge in [-0.2, -0.15) is 0 Å². The maximum absolute atomic E-state index is 2.77. The van der Waals surface area contributed by atoms with Crippen LogP contribution in [-0.2, 0) is 6.54 Å². The second-order valence-corrected chi connectivity index (χ2v) is 6.08. The molecule has 1 heterocycles. The van der Waals surface area contributed by atoms with Crippen LogP contribution in [0, 0.1) is 5.92 Å². The van der Waals surface area contributed by atoms with Gasteiger partial charge >= 0.3 is 0 Å². The summed E-state index contributed by atoms with van der Waals surface area (Å²) >= 11 is 0. The minimum Gasteiger partial charge on any atom is -0.293 e. The maximum atomic E-state index is 2.77. The van der Waals surface area contributed by atoms with E-state index in [2.05, 4.69) is 42.2 Å². The number of rotatable bonds is 2. The number of likely N-dealkylation sites (tertiary alicyclic amines) is 1. The highest BCUT2D eigenvalue weighted by Gasteiger charge is 2.45. The average Bonchev–Trinajstić information content (AvgIpc) is 2.31. The van der Waals surface area contributed by atoms with Crippen molar-refractivity contribution in [2.45, 2.75) is 51.1 Å². The zero-order valence-corrected chi connectivity index (χ0v) is 10.9. The van der Waals surface area contributed by atoms with Gasteiger partial charge in [-0.3, -0.25) is 4.90 Å². The van der Waals surface area contributed by atoms with Crippen molar-refractivity contribution in [3.05, 3.63) is 35.9 Å². The Balaban J connectivity index is 1.73. The van der Waals surface area contributed by atoms with Gasteiger partial charge in [0.2, 0.25) is 0 Å². The molecule has 0 N–H and O–H groups in total. The number of hydrogen-bond acceptors (Lipinski definition) is 1. The first-order valence-corrected chi connectivity index (χ1v) is 7.07. The number of hydrogen-bond donors (Lipinski definition) is 0. The molecule has 0 bridgehead atoms. The molecule has 1 aliphatic heterocycles. The fraction of sp³-hybridized carbons (Fsp3) is 0.625. The molecule has 1 saturated heterocycles. The first-order valence-electron chi connectivity index (χ1n) is 7.07. The first kappa shape index (κ1) is 11.3. The van der Waals surface area contributed by atoms with E-state index in [4.69, 9.17) is 0 Å². The van der Waals surface area contributed by atoms with Gasteiger partial charge in [0.15, 0.2) is 0 Å². The molecule has 1 aromatic carbocycles. The van der Waals surface area contributed by atoms with Crippen molar-refractivity contribution in [2.75, 3.05) is 6.54 Å². The lowest BCUT2D eigenvalue weighted by Gasteiger charge is -2.55. The molecule has 0 aromatic heterocycles. The van der Waals surface area contributed by atoms with Crippen molar-refractivity contribution in [2.24, 2.45) is 5.92 Å². The Morgan fingerprint density at radius 1 is 1.24 bits per heavy atom. The topological polar surface area (TPSA) is 3.24 Å². The summed E-state index contributed by atoms with van der Waals surface area (Å²) in [5, 5.41) is 0. The number of nitrogens with zero attached hydrogens (tertiary/aromatic N) is 1. The molecule has 0 amide bonds. The Bertz CT molecular complexity index is 366. The minimum atomic E-state index is 0.577. The molecular formula is C16H23N. The van der Waals surface area contributed by atoms with Crippen LogP contribution >= 0.6 is 0 Å². The predicted octanol–water partition coefficient (Wildman–Crippen LogP) is 3.84. The van der Waals surface area contributed by atoms with E-state index in [-0.39, 0.29) is 0 Å². The lowest BCUT2D eigenvalue weighted by atomic mass is 9.67. The van der Waals surface area contributed by atoms with E-state index in [1.165, 1.54) is 44.2 Å². The van der Waals surface area contributed by atoms with Crippen molar-refractivity contribution in [3.8, 4) is 0 Å². The van der Waals surface area contributed by atoms with Crippen LogP contribution in [0.3, 0.4) is 0 Å². The van der Waals surface area contributed by atoms with E-state index in [0.717, 1.165) is 12.5 Å². The lowest BCUT2D eigenvalue weighted by molar-refractivity contribution is -0.0404. The van der Waals surface area contributed by atoms with Gasteiger partial charge in [-0.05, 0) is 50.1 Å². The molecule has 2 aliphatic rings. The molecule has 0 radical (unpaired) electrons. The minimum absolute atomic E-state index is 0.577. The Kier molecular flexibility index (Phi) is 2.96. The van der Waals surface area contributed by atoms with E-state index in [9.17, 15) is 0 Å². The van der Waals surface area contributed by atoms with Gasteiger partial charge in [-0.1, -0.05) is 37.3 Å². The molecule has 17 heavy (non-hydrogen) atoms. The summed E-state index contributed by atoms with van der Waals surface area (Å²) in [6, 6.07) is 11.0. The molecule has 92 valence electrons. The highest BCUT2D eigenvalue weighted by Crippen LogP contribution is 2.46. The van der Waals surface area contributed by atoms with E-state index in [1.54, 1.807) is 0 Å². The van der Waals surface area contributed by atoms with E-state index in [1.807, 2.05) is 0 Å². The standard InChI is InChI=1S/C16H23N/c1-14-8-11-17(16(12-14)9-5-10-16)13-15-6-3-2-4-7-15/h2-4,6-7,14H,5,8-13H2,1H3. The van der Waals surface area contributed by atoms with Crippen molar-refractivity contribution in [3.63, 3.8) is 0 Å². The van der Waals surface area contributed by atoms with Crippen LogP contribution < -0.4 is 0 Å². The molecule has 2 fully saturated rings. The predicted molar refractivity (Wildman–Crippen MR) is 71.8 cm³/mol. The second-order valence-electron chi connectivity index (χ2n) is 6.08. The number of piperidine rings is 1. The van der Waals surface area contributed by atoms with Crippen LogP contribution in [0.4, 0.5) is 0 Å². The van der Waals surface area contributed by atoms with Crippen LogP contribution in [0.15, 0.2) is 30.3 Å². The van der Waals surface area contributed by atoms with Gasteiger partial charge in [-0.25, -0.2) is 0 Å². The fourth-order valence-corrected chi connectivity index (χ4v) is 3.65. The molecule has 1 aromatic rings. The van der Waals surface area contributed by atoms with Crippen LogP contribution in [0.25, 0.3) is 0 Å². The van der Waals surface area contributed by atoms with Gasteiger partial charge in [0.1, 0.15) is 0 Å².